The van der Waals surface area contributed by atoms with Crippen molar-refractivity contribution >= 4 is 11.3 Å². The van der Waals surface area contributed by atoms with E-state index in [1.54, 1.807) is 11.3 Å². The van der Waals surface area contributed by atoms with E-state index >= 15 is 0 Å². The van der Waals surface area contributed by atoms with Gasteiger partial charge in [0.05, 0.1) is 23.9 Å². The van der Waals surface area contributed by atoms with Crippen LogP contribution in [0.4, 0.5) is 0 Å². The summed E-state index contributed by atoms with van der Waals surface area (Å²) in [7, 11) is 1.98. The van der Waals surface area contributed by atoms with Crippen molar-refractivity contribution in [3.63, 3.8) is 0 Å². The molecule has 0 saturated carbocycles. The van der Waals surface area contributed by atoms with Gasteiger partial charge in [-0.25, -0.2) is 9.97 Å². The molecule has 0 amide bonds. The van der Waals surface area contributed by atoms with Crippen molar-refractivity contribution in [1.29, 1.82) is 0 Å². The van der Waals surface area contributed by atoms with Gasteiger partial charge < -0.3 is 9.88 Å². The van der Waals surface area contributed by atoms with Crippen LogP contribution in [-0.2, 0) is 13.0 Å². The van der Waals surface area contributed by atoms with Gasteiger partial charge in [0.25, 0.3) is 0 Å². The Morgan fingerprint density at radius 2 is 2.21 bits per heavy atom. The summed E-state index contributed by atoms with van der Waals surface area (Å²) in [5, 5.41) is 4.51. The van der Waals surface area contributed by atoms with E-state index in [4.69, 9.17) is 4.98 Å². The van der Waals surface area contributed by atoms with Crippen LogP contribution in [0.15, 0.2) is 12.5 Å². The summed E-state index contributed by atoms with van der Waals surface area (Å²) in [4.78, 5) is 10.4. The zero-order valence-electron chi connectivity index (χ0n) is 12.1. The largest absolute Gasteiger partial charge is 0.333 e. The molecule has 1 unspecified atom stereocenters. The molecule has 0 radical (unpaired) electrons. The highest BCUT2D eigenvalue weighted by Crippen LogP contribution is 2.28. The number of aromatic nitrogens is 3. The molecular formula is C14H22N4S. The SMILES string of the molecule is CCCn1cncc1C(NC)c1nc(CC)c(C)s1. The Labute approximate surface area is 118 Å². The lowest BCUT2D eigenvalue weighted by atomic mass is 10.2. The topological polar surface area (TPSA) is 42.7 Å². The van der Waals surface area contributed by atoms with Crippen LogP contribution in [0.3, 0.4) is 0 Å². The van der Waals surface area contributed by atoms with Crippen molar-refractivity contribution in [1.82, 2.24) is 19.9 Å². The van der Waals surface area contributed by atoms with E-state index < -0.39 is 0 Å². The van der Waals surface area contributed by atoms with Gasteiger partial charge in [-0.1, -0.05) is 13.8 Å². The van der Waals surface area contributed by atoms with Gasteiger partial charge in [-0.15, -0.1) is 11.3 Å². The van der Waals surface area contributed by atoms with Gasteiger partial charge in [0, 0.05) is 11.4 Å². The van der Waals surface area contributed by atoms with Gasteiger partial charge in [0.2, 0.25) is 0 Å². The van der Waals surface area contributed by atoms with Crippen molar-refractivity contribution < 1.29 is 0 Å². The van der Waals surface area contributed by atoms with Gasteiger partial charge in [-0.05, 0) is 26.8 Å². The Kier molecular flexibility index (Phi) is 4.71. The van der Waals surface area contributed by atoms with Crippen LogP contribution < -0.4 is 5.32 Å². The fourth-order valence-corrected chi connectivity index (χ4v) is 3.43. The molecule has 0 aromatic carbocycles. The molecule has 2 rings (SSSR count). The minimum Gasteiger partial charge on any atom is -0.333 e. The third-order valence-corrected chi connectivity index (χ3v) is 4.36. The Bertz CT molecular complexity index is 529. The number of nitrogens with one attached hydrogen (secondary N) is 1. The van der Waals surface area contributed by atoms with E-state index in [9.17, 15) is 0 Å². The van der Waals surface area contributed by atoms with E-state index in [2.05, 4.69) is 35.6 Å². The van der Waals surface area contributed by atoms with Crippen molar-refractivity contribution in [3.05, 3.63) is 33.8 Å². The van der Waals surface area contributed by atoms with Gasteiger partial charge in [0.1, 0.15) is 11.0 Å². The zero-order chi connectivity index (χ0) is 13.8. The second-order valence-corrected chi connectivity index (χ2v) is 5.88. The molecule has 5 heteroatoms. The smallest absolute Gasteiger partial charge is 0.116 e. The maximum Gasteiger partial charge on any atom is 0.116 e. The predicted octanol–water partition coefficient (Wildman–Crippen LogP) is 2.93. The second kappa shape index (κ2) is 6.30. The van der Waals surface area contributed by atoms with Gasteiger partial charge in [-0.3, -0.25) is 0 Å². The van der Waals surface area contributed by atoms with Gasteiger partial charge in [0.15, 0.2) is 0 Å². The lowest BCUT2D eigenvalue weighted by molar-refractivity contribution is 0.581. The first-order chi connectivity index (χ1) is 9.21. The Hall–Kier alpha value is -1.20. The van der Waals surface area contributed by atoms with Crippen LogP contribution >= 0.6 is 11.3 Å². The Morgan fingerprint density at radius 3 is 2.79 bits per heavy atom. The highest BCUT2D eigenvalue weighted by molar-refractivity contribution is 7.11. The third-order valence-electron chi connectivity index (χ3n) is 3.28. The molecule has 104 valence electrons. The molecule has 0 aliphatic carbocycles. The molecule has 2 heterocycles. The van der Waals surface area contributed by atoms with E-state index in [0.717, 1.165) is 24.4 Å². The van der Waals surface area contributed by atoms with Gasteiger partial charge in [-0.2, -0.15) is 0 Å². The number of hydrogen-bond donors (Lipinski definition) is 1. The summed E-state index contributed by atoms with van der Waals surface area (Å²) in [6.45, 7) is 7.48. The van der Waals surface area contributed by atoms with Crippen molar-refractivity contribution in [3.8, 4) is 0 Å². The lowest BCUT2D eigenvalue weighted by Crippen LogP contribution is -2.21. The zero-order valence-corrected chi connectivity index (χ0v) is 12.9. The fourth-order valence-electron chi connectivity index (χ4n) is 2.30. The normalized spacial score (nSPS) is 12.8. The van der Waals surface area contributed by atoms with Crippen LogP contribution in [0.1, 0.15) is 47.6 Å². The van der Waals surface area contributed by atoms with Crippen molar-refractivity contribution in [2.24, 2.45) is 0 Å². The first-order valence-corrected chi connectivity index (χ1v) is 7.66. The minimum absolute atomic E-state index is 0.137. The molecule has 0 aliphatic heterocycles. The minimum atomic E-state index is 0.137. The van der Waals surface area contributed by atoms with E-state index in [-0.39, 0.29) is 6.04 Å². The van der Waals surface area contributed by atoms with E-state index in [1.807, 2.05) is 19.6 Å². The molecule has 0 fully saturated rings. The summed E-state index contributed by atoms with van der Waals surface area (Å²) in [6.07, 6.45) is 5.95. The summed E-state index contributed by atoms with van der Waals surface area (Å²) in [5.74, 6) is 0. The standard InChI is InChI=1S/C14H22N4S/c1-5-7-18-9-16-8-12(18)13(15-4)14-17-11(6-2)10(3)19-14/h8-9,13,15H,5-7H2,1-4H3. The van der Waals surface area contributed by atoms with E-state index in [0.29, 0.717) is 0 Å². The molecule has 2 aromatic heterocycles. The highest BCUT2D eigenvalue weighted by atomic mass is 32.1. The summed E-state index contributed by atoms with van der Waals surface area (Å²) in [5.41, 5.74) is 2.41. The molecule has 4 nitrogen and oxygen atoms in total. The third kappa shape index (κ3) is 2.87. The van der Waals surface area contributed by atoms with Gasteiger partial charge >= 0.3 is 0 Å². The fraction of sp³-hybridized carbons (Fsp3) is 0.571. The first-order valence-electron chi connectivity index (χ1n) is 6.84. The van der Waals surface area contributed by atoms with Crippen LogP contribution in [-0.4, -0.2) is 21.6 Å². The predicted molar refractivity (Wildman–Crippen MR) is 79.6 cm³/mol. The Morgan fingerprint density at radius 1 is 1.42 bits per heavy atom. The van der Waals surface area contributed by atoms with Crippen molar-refractivity contribution in [2.45, 2.75) is 46.2 Å². The number of imidazole rings is 1. The maximum atomic E-state index is 4.77. The lowest BCUT2D eigenvalue weighted by Gasteiger charge is -2.15. The van der Waals surface area contributed by atoms with Crippen LogP contribution in [0.25, 0.3) is 0 Å². The summed E-state index contributed by atoms with van der Waals surface area (Å²) in [6, 6.07) is 0.137. The monoisotopic (exact) mass is 278 g/mol. The molecule has 1 atom stereocenters. The van der Waals surface area contributed by atoms with Crippen LogP contribution in [0.5, 0.6) is 0 Å². The quantitative estimate of drug-likeness (QED) is 0.883. The average Bonchev–Trinajstić information content (AvgIpc) is 2.99. The molecule has 0 bridgehead atoms. The molecule has 1 N–H and O–H groups in total. The number of rotatable bonds is 6. The van der Waals surface area contributed by atoms with E-state index in [1.165, 1.54) is 16.3 Å². The average molecular weight is 278 g/mol. The maximum absolute atomic E-state index is 4.77. The number of hydrogen-bond acceptors (Lipinski definition) is 4. The van der Waals surface area contributed by atoms with Crippen LogP contribution in [0, 0.1) is 6.92 Å². The number of aryl methyl sites for hydroxylation is 3. The molecule has 19 heavy (non-hydrogen) atoms. The van der Waals surface area contributed by atoms with Crippen molar-refractivity contribution in [2.75, 3.05) is 7.05 Å². The van der Waals surface area contributed by atoms with Crippen LogP contribution in [0.2, 0.25) is 0 Å². The summed E-state index contributed by atoms with van der Waals surface area (Å²) >= 11 is 1.78. The second-order valence-electron chi connectivity index (χ2n) is 4.64. The number of thiazole rings is 1. The molecule has 0 saturated heterocycles. The number of nitrogens with zero attached hydrogens (tertiary/aromatic N) is 3. The highest BCUT2D eigenvalue weighted by Gasteiger charge is 2.20. The molecule has 0 aliphatic rings. The molecular weight excluding hydrogens is 256 g/mol. The summed E-state index contributed by atoms with van der Waals surface area (Å²) < 4.78 is 2.21. The Balaban J connectivity index is 2.35. The molecule has 2 aromatic rings. The molecule has 0 spiro atoms. The first kappa shape index (κ1) is 14.2.